The van der Waals surface area contributed by atoms with Crippen molar-refractivity contribution in [3.63, 3.8) is 0 Å². The van der Waals surface area contributed by atoms with Gasteiger partial charge in [0, 0.05) is 15.1 Å². The molecule has 5 heteroatoms. The first kappa shape index (κ1) is 13.8. The van der Waals surface area contributed by atoms with Crippen molar-refractivity contribution in [3.8, 4) is 12.1 Å². The van der Waals surface area contributed by atoms with Crippen LogP contribution in [0, 0.1) is 22.7 Å². The molecule has 86 valence electrons. The monoisotopic (exact) mass is 353 g/mol. The molecule has 0 bridgehead atoms. The fourth-order valence-electron chi connectivity index (χ4n) is 1.30. The summed E-state index contributed by atoms with van der Waals surface area (Å²) in [5.74, 6) is 0. The van der Waals surface area contributed by atoms with E-state index in [4.69, 9.17) is 10.5 Å². The summed E-state index contributed by atoms with van der Waals surface area (Å²) in [6, 6.07) is 7.52. The van der Waals surface area contributed by atoms with Gasteiger partial charge in [0.05, 0.1) is 5.69 Å². The van der Waals surface area contributed by atoms with E-state index in [1.165, 1.54) is 6.20 Å². The van der Waals surface area contributed by atoms with E-state index in [0.717, 1.165) is 26.6 Å². The van der Waals surface area contributed by atoms with Gasteiger partial charge < -0.3 is 5.32 Å². The van der Waals surface area contributed by atoms with E-state index < -0.39 is 0 Å². The molecule has 0 amide bonds. The van der Waals surface area contributed by atoms with Crippen LogP contribution < -0.4 is 5.32 Å². The highest BCUT2D eigenvalue weighted by atomic mass is 79.9. The maximum absolute atomic E-state index is 8.64. The molecular weight excluding hydrogens is 346 g/mol. The van der Waals surface area contributed by atoms with Crippen LogP contribution in [0.25, 0.3) is 0 Å². The molecule has 0 radical (unpaired) electrons. The Hall–Kier alpha value is -1.30. The van der Waals surface area contributed by atoms with Crippen molar-refractivity contribution in [1.29, 1.82) is 10.5 Å². The van der Waals surface area contributed by atoms with Gasteiger partial charge in [0.25, 0.3) is 0 Å². The van der Waals surface area contributed by atoms with E-state index in [1.54, 1.807) is 12.1 Å². The van der Waals surface area contributed by atoms with Gasteiger partial charge in [-0.1, -0.05) is 22.9 Å². The highest BCUT2D eigenvalue weighted by molar-refractivity contribution is 9.11. The summed E-state index contributed by atoms with van der Waals surface area (Å²) in [6.07, 6.45) is 2.26. The van der Waals surface area contributed by atoms with Crippen molar-refractivity contribution in [1.82, 2.24) is 0 Å². The largest absolute Gasteiger partial charge is 0.359 e. The van der Waals surface area contributed by atoms with E-state index in [0.29, 0.717) is 0 Å². The van der Waals surface area contributed by atoms with E-state index in [-0.39, 0.29) is 5.57 Å². The average molecular weight is 355 g/mol. The molecule has 1 N–H and O–H groups in total. The van der Waals surface area contributed by atoms with E-state index >= 15 is 0 Å². The van der Waals surface area contributed by atoms with Crippen LogP contribution in [0.1, 0.15) is 12.5 Å². The van der Waals surface area contributed by atoms with Crippen LogP contribution in [-0.2, 0) is 6.42 Å². The van der Waals surface area contributed by atoms with Gasteiger partial charge in [0.2, 0.25) is 0 Å². The van der Waals surface area contributed by atoms with Gasteiger partial charge in [0.15, 0.2) is 0 Å². The van der Waals surface area contributed by atoms with Crippen LogP contribution in [0.4, 0.5) is 5.69 Å². The molecule has 0 heterocycles. The second kappa shape index (κ2) is 6.44. The lowest BCUT2D eigenvalue weighted by molar-refractivity contribution is 1.13. The number of aryl methyl sites for hydroxylation is 1. The van der Waals surface area contributed by atoms with Gasteiger partial charge in [0.1, 0.15) is 17.7 Å². The molecule has 0 spiro atoms. The number of allylic oxidation sites excluding steroid dienone is 1. The van der Waals surface area contributed by atoms with E-state index in [2.05, 4.69) is 37.2 Å². The quantitative estimate of drug-likeness (QED) is 0.830. The molecule has 0 aromatic heterocycles. The van der Waals surface area contributed by atoms with Crippen molar-refractivity contribution in [2.24, 2.45) is 0 Å². The standard InChI is InChI=1S/C12H9Br2N3/c1-2-9-3-10(13)4-11(14)12(9)17-7-8(5-15)6-16/h3-4,7,17H,2H2,1H3. The summed E-state index contributed by atoms with van der Waals surface area (Å²) < 4.78 is 1.87. The second-order valence-corrected chi connectivity index (χ2v) is 4.97. The smallest absolute Gasteiger partial charge is 0.145 e. The van der Waals surface area contributed by atoms with Gasteiger partial charge in [-0.3, -0.25) is 0 Å². The number of rotatable bonds is 3. The number of anilines is 1. The molecule has 0 atom stereocenters. The summed E-state index contributed by atoms with van der Waals surface area (Å²) in [5, 5.41) is 20.3. The summed E-state index contributed by atoms with van der Waals surface area (Å²) in [6.45, 7) is 2.04. The maximum Gasteiger partial charge on any atom is 0.145 e. The molecule has 1 aromatic carbocycles. The SMILES string of the molecule is CCc1cc(Br)cc(Br)c1NC=C(C#N)C#N. The van der Waals surface area contributed by atoms with Gasteiger partial charge >= 0.3 is 0 Å². The molecule has 1 rings (SSSR count). The minimum absolute atomic E-state index is 0.0434. The topological polar surface area (TPSA) is 59.6 Å². The lowest BCUT2D eigenvalue weighted by Crippen LogP contribution is -1.96. The summed E-state index contributed by atoms with van der Waals surface area (Å²) in [5.41, 5.74) is 2.01. The van der Waals surface area contributed by atoms with Gasteiger partial charge in [-0.25, -0.2) is 0 Å². The molecule has 0 unspecified atom stereocenters. The predicted molar refractivity (Wildman–Crippen MR) is 74.2 cm³/mol. The highest BCUT2D eigenvalue weighted by Crippen LogP contribution is 2.31. The van der Waals surface area contributed by atoms with E-state index in [9.17, 15) is 0 Å². The fourth-order valence-corrected chi connectivity index (χ4v) is 2.73. The molecule has 0 saturated heterocycles. The third kappa shape index (κ3) is 3.59. The van der Waals surface area contributed by atoms with E-state index in [1.807, 2.05) is 19.1 Å². The number of benzene rings is 1. The van der Waals surface area contributed by atoms with Crippen molar-refractivity contribution in [2.45, 2.75) is 13.3 Å². The zero-order valence-electron chi connectivity index (χ0n) is 9.09. The first-order valence-corrected chi connectivity index (χ1v) is 6.45. The highest BCUT2D eigenvalue weighted by Gasteiger charge is 2.06. The summed E-state index contributed by atoms with van der Waals surface area (Å²) in [7, 11) is 0. The van der Waals surface area contributed by atoms with Crippen LogP contribution in [-0.4, -0.2) is 0 Å². The number of hydrogen-bond acceptors (Lipinski definition) is 3. The Balaban J connectivity index is 3.12. The van der Waals surface area contributed by atoms with Gasteiger partial charge in [-0.2, -0.15) is 10.5 Å². The molecule has 17 heavy (non-hydrogen) atoms. The number of nitrogens with one attached hydrogen (secondary N) is 1. The Bertz CT molecular complexity index is 520. The fraction of sp³-hybridized carbons (Fsp3) is 0.167. The van der Waals surface area contributed by atoms with Crippen molar-refractivity contribution in [2.75, 3.05) is 5.32 Å². The average Bonchev–Trinajstić information content (AvgIpc) is 2.31. The molecule has 1 aromatic rings. The van der Waals surface area contributed by atoms with Crippen LogP contribution in [0.15, 0.2) is 32.9 Å². The third-order valence-electron chi connectivity index (χ3n) is 2.12. The normalized spacial score (nSPS) is 9.00. The molecule has 0 saturated carbocycles. The third-order valence-corrected chi connectivity index (χ3v) is 3.20. The number of halogens is 2. The van der Waals surface area contributed by atoms with Crippen molar-refractivity contribution in [3.05, 3.63) is 38.4 Å². The van der Waals surface area contributed by atoms with Crippen LogP contribution in [0.5, 0.6) is 0 Å². The first-order valence-electron chi connectivity index (χ1n) is 4.87. The number of nitriles is 2. The van der Waals surface area contributed by atoms with Crippen molar-refractivity contribution < 1.29 is 0 Å². The lowest BCUT2D eigenvalue weighted by atomic mass is 10.1. The van der Waals surface area contributed by atoms with Crippen LogP contribution in [0.2, 0.25) is 0 Å². The number of hydrogen-bond donors (Lipinski definition) is 1. The van der Waals surface area contributed by atoms with Crippen molar-refractivity contribution >= 4 is 37.5 Å². The summed E-state index contributed by atoms with van der Waals surface area (Å²) in [4.78, 5) is 0. The molecule has 3 nitrogen and oxygen atoms in total. The minimum Gasteiger partial charge on any atom is -0.359 e. The number of nitrogens with zero attached hydrogens (tertiary/aromatic N) is 2. The Labute approximate surface area is 117 Å². The van der Waals surface area contributed by atoms with Gasteiger partial charge in [-0.15, -0.1) is 0 Å². The minimum atomic E-state index is 0.0434. The Kier molecular flexibility index (Phi) is 5.21. The molecule has 0 fully saturated rings. The Morgan fingerprint density at radius 1 is 1.35 bits per heavy atom. The Morgan fingerprint density at radius 2 is 2.00 bits per heavy atom. The maximum atomic E-state index is 8.64. The second-order valence-electron chi connectivity index (χ2n) is 3.20. The van der Waals surface area contributed by atoms with Crippen LogP contribution in [0.3, 0.4) is 0 Å². The zero-order chi connectivity index (χ0) is 12.8. The van der Waals surface area contributed by atoms with Gasteiger partial charge in [-0.05, 0) is 40.0 Å². The summed E-state index contributed by atoms with van der Waals surface area (Å²) >= 11 is 6.86. The predicted octanol–water partition coefficient (Wildman–Crippen LogP) is 4.12. The molecule has 0 aliphatic carbocycles. The Morgan fingerprint density at radius 3 is 2.53 bits per heavy atom. The van der Waals surface area contributed by atoms with Crippen LogP contribution >= 0.6 is 31.9 Å². The first-order chi connectivity index (χ1) is 8.12. The zero-order valence-corrected chi connectivity index (χ0v) is 12.3. The molecular formula is C12H9Br2N3. The molecule has 0 aliphatic heterocycles. The molecule has 0 aliphatic rings. The lowest BCUT2D eigenvalue weighted by Gasteiger charge is -2.10.